The summed E-state index contributed by atoms with van der Waals surface area (Å²) in [4.78, 5) is 0. The molecule has 0 aromatic heterocycles. The van der Waals surface area contributed by atoms with Gasteiger partial charge < -0.3 is 4.74 Å². The lowest BCUT2D eigenvalue weighted by Gasteiger charge is -2.25. The van der Waals surface area contributed by atoms with Crippen molar-refractivity contribution in [3.05, 3.63) is 0 Å². The van der Waals surface area contributed by atoms with E-state index in [1.165, 1.54) is 0 Å². The minimum absolute atomic E-state index is 0.368. The third-order valence-corrected chi connectivity index (χ3v) is 1.81. The molecule has 0 aromatic carbocycles. The number of ether oxygens (including phenoxy) is 1. The highest BCUT2D eigenvalue weighted by atomic mass is 16.5. The molecule has 0 aliphatic carbocycles. The highest BCUT2D eigenvalue weighted by molar-refractivity contribution is 5.07. The first-order valence-corrected chi connectivity index (χ1v) is 3.09. The topological polar surface area (TPSA) is 9.23 Å². The predicted molar refractivity (Wildman–Crippen MR) is 39.1 cm³/mol. The van der Waals surface area contributed by atoms with Gasteiger partial charge in [0, 0.05) is 7.11 Å². The molecule has 0 saturated carbocycles. The Morgan fingerprint density at radius 1 is 1.56 bits per heavy atom. The first kappa shape index (κ1) is 8.52. The van der Waals surface area contributed by atoms with Gasteiger partial charge in [-0.15, -0.1) is 6.42 Å². The van der Waals surface area contributed by atoms with Gasteiger partial charge in [-0.05, 0) is 12.8 Å². The second-order valence-corrected chi connectivity index (χ2v) is 2.61. The van der Waals surface area contributed by atoms with Crippen LogP contribution in [0.1, 0.15) is 20.8 Å². The van der Waals surface area contributed by atoms with Crippen LogP contribution in [0.2, 0.25) is 0 Å². The molecule has 0 amide bonds. The van der Waals surface area contributed by atoms with Crippen molar-refractivity contribution >= 4 is 0 Å². The van der Waals surface area contributed by atoms with E-state index in [4.69, 9.17) is 11.2 Å². The fourth-order valence-electron chi connectivity index (χ4n) is 0.461. The van der Waals surface area contributed by atoms with Crippen LogP contribution >= 0.6 is 0 Å². The summed E-state index contributed by atoms with van der Waals surface area (Å²) in [6.45, 7) is 6.00. The quantitative estimate of drug-likeness (QED) is 0.511. The van der Waals surface area contributed by atoms with Crippen molar-refractivity contribution in [3.63, 3.8) is 0 Å². The largest absolute Gasteiger partial charge is 0.366 e. The van der Waals surface area contributed by atoms with Crippen LogP contribution in [0.4, 0.5) is 0 Å². The van der Waals surface area contributed by atoms with Gasteiger partial charge in [0.05, 0.1) is 0 Å². The van der Waals surface area contributed by atoms with E-state index in [-0.39, 0.29) is 5.60 Å². The van der Waals surface area contributed by atoms with Crippen LogP contribution in [0, 0.1) is 18.3 Å². The second kappa shape index (κ2) is 2.89. The monoisotopic (exact) mass is 126 g/mol. The molecule has 1 nitrogen and oxygen atoms in total. The summed E-state index contributed by atoms with van der Waals surface area (Å²) in [5.41, 5.74) is -0.389. The first-order chi connectivity index (χ1) is 4.06. The number of terminal acetylenes is 1. The van der Waals surface area contributed by atoms with Crippen molar-refractivity contribution in [2.24, 2.45) is 5.92 Å². The maximum atomic E-state index is 5.24. The van der Waals surface area contributed by atoms with E-state index < -0.39 is 0 Å². The molecule has 52 valence electrons. The van der Waals surface area contributed by atoms with Crippen molar-refractivity contribution in [2.75, 3.05) is 7.11 Å². The first-order valence-electron chi connectivity index (χ1n) is 3.09. The molecule has 1 unspecified atom stereocenters. The minimum Gasteiger partial charge on any atom is -0.366 e. The van der Waals surface area contributed by atoms with Crippen molar-refractivity contribution in [1.29, 1.82) is 0 Å². The molecule has 0 radical (unpaired) electrons. The second-order valence-electron chi connectivity index (χ2n) is 2.61. The Balaban J connectivity index is 4.14. The Labute approximate surface area is 57.4 Å². The number of hydrogen-bond donors (Lipinski definition) is 0. The zero-order valence-corrected chi connectivity index (χ0v) is 6.56. The van der Waals surface area contributed by atoms with E-state index in [0.717, 1.165) is 0 Å². The summed E-state index contributed by atoms with van der Waals surface area (Å²) < 4.78 is 5.11. The SMILES string of the molecule is C#CC(C)(OC)C(C)C. The standard InChI is InChI=1S/C8H14O/c1-6-8(4,9-5)7(2)3/h1,7H,2-5H3. The normalized spacial score (nSPS) is 16.9. The molecule has 0 heterocycles. The Hall–Kier alpha value is -0.480. The van der Waals surface area contributed by atoms with Crippen molar-refractivity contribution in [2.45, 2.75) is 26.4 Å². The van der Waals surface area contributed by atoms with Gasteiger partial charge in [0.2, 0.25) is 0 Å². The van der Waals surface area contributed by atoms with Crippen molar-refractivity contribution in [1.82, 2.24) is 0 Å². The number of methoxy groups -OCH3 is 1. The molecule has 0 aliphatic rings. The number of rotatable bonds is 2. The minimum atomic E-state index is -0.389. The lowest BCUT2D eigenvalue weighted by atomic mass is 9.93. The lowest BCUT2D eigenvalue weighted by molar-refractivity contribution is 0.0188. The van der Waals surface area contributed by atoms with Crippen LogP contribution in [-0.2, 0) is 4.74 Å². The molecule has 1 atom stereocenters. The van der Waals surface area contributed by atoms with Gasteiger partial charge >= 0.3 is 0 Å². The van der Waals surface area contributed by atoms with Gasteiger partial charge in [-0.3, -0.25) is 0 Å². The van der Waals surface area contributed by atoms with Gasteiger partial charge in [0.15, 0.2) is 0 Å². The molecule has 0 aliphatic heterocycles. The van der Waals surface area contributed by atoms with Gasteiger partial charge in [-0.25, -0.2) is 0 Å². The van der Waals surface area contributed by atoms with E-state index in [0.29, 0.717) is 5.92 Å². The fraction of sp³-hybridized carbons (Fsp3) is 0.750. The van der Waals surface area contributed by atoms with Crippen LogP contribution in [0.5, 0.6) is 0 Å². The Morgan fingerprint density at radius 3 is 2.00 bits per heavy atom. The third-order valence-electron chi connectivity index (χ3n) is 1.81. The van der Waals surface area contributed by atoms with Gasteiger partial charge in [-0.1, -0.05) is 19.8 Å². The van der Waals surface area contributed by atoms with E-state index >= 15 is 0 Å². The summed E-state index contributed by atoms with van der Waals surface area (Å²) in [6.07, 6.45) is 5.24. The average molecular weight is 126 g/mol. The van der Waals surface area contributed by atoms with Crippen LogP contribution in [-0.4, -0.2) is 12.7 Å². The average Bonchev–Trinajstić information content (AvgIpc) is 1.86. The molecule has 0 saturated heterocycles. The van der Waals surface area contributed by atoms with Crippen LogP contribution in [0.3, 0.4) is 0 Å². The fourth-order valence-corrected chi connectivity index (χ4v) is 0.461. The molecule has 1 heteroatoms. The van der Waals surface area contributed by atoms with E-state index in [2.05, 4.69) is 5.92 Å². The van der Waals surface area contributed by atoms with E-state index in [9.17, 15) is 0 Å². The third kappa shape index (κ3) is 1.73. The van der Waals surface area contributed by atoms with Crippen molar-refractivity contribution in [3.8, 4) is 12.3 Å². The zero-order chi connectivity index (χ0) is 7.49. The van der Waals surface area contributed by atoms with Crippen LogP contribution in [0.15, 0.2) is 0 Å². The summed E-state index contributed by atoms with van der Waals surface area (Å²) in [5, 5.41) is 0. The smallest absolute Gasteiger partial charge is 0.127 e. The zero-order valence-electron chi connectivity index (χ0n) is 6.56. The Kier molecular flexibility index (Phi) is 2.73. The maximum absolute atomic E-state index is 5.24. The summed E-state index contributed by atoms with van der Waals surface area (Å²) in [7, 11) is 1.64. The molecule has 0 aromatic rings. The highest BCUT2D eigenvalue weighted by Gasteiger charge is 2.24. The molecule has 9 heavy (non-hydrogen) atoms. The number of hydrogen-bond acceptors (Lipinski definition) is 1. The Morgan fingerprint density at radius 2 is 2.00 bits per heavy atom. The predicted octanol–water partition coefficient (Wildman–Crippen LogP) is 1.68. The summed E-state index contributed by atoms with van der Waals surface area (Å²) in [5.74, 6) is 2.97. The molecule has 0 N–H and O–H groups in total. The van der Waals surface area contributed by atoms with E-state index in [1.807, 2.05) is 20.8 Å². The Bertz CT molecular complexity index is 121. The molecule has 0 rings (SSSR count). The molecule has 0 bridgehead atoms. The van der Waals surface area contributed by atoms with E-state index in [1.54, 1.807) is 7.11 Å². The summed E-state index contributed by atoms with van der Waals surface area (Å²) in [6, 6.07) is 0. The van der Waals surface area contributed by atoms with Crippen LogP contribution in [0.25, 0.3) is 0 Å². The summed E-state index contributed by atoms with van der Waals surface area (Å²) >= 11 is 0. The van der Waals surface area contributed by atoms with Gasteiger partial charge in [0.1, 0.15) is 5.60 Å². The van der Waals surface area contributed by atoms with Gasteiger partial charge in [-0.2, -0.15) is 0 Å². The maximum Gasteiger partial charge on any atom is 0.127 e. The molecular formula is C8H14O. The van der Waals surface area contributed by atoms with Gasteiger partial charge in [0.25, 0.3) is 0 Å². The lowest BCUT2D eigenvalue weighted by Crippen LogP contribution is -2.31. The molecular weight excluding hydrogens is 112 g/mol. The highest BCUT2D eigenvalue weighted by Crippen LogP contribution is 2.18. The molecule has 0 fully saturated rings. The molecule has 0 spiro atoms. The van der Waals surface area contributed by atoms with Crippen LogP contribution < -0.4 is 0 Å². The van der Waals surface area contributed by atoms with Crippen molar-refractivity contribution < 1.29 is 4.74 Å².